The van der Waals surface area contributed by atoms with Crippen molar-refractivity contribution in [3.8, 4) is 0 Å². The lowest BCUT2D eigenvalue weighted by Gasteiger charge is -2.22. The van der Waals surface area contributed by atoms with Crippen molar-refractivity contribution in [3.05, 3.63) is 43.0 Å². The number of rotatable bonds is 5. The fourth-order valence-electron chi connectivity index (χ4n) is 3.72. The highest BCUT2D eigenvalue weighted by Gasteiger charge is 2.17. The van der Waals surface area contributed by atoms with E-state index in [2.05, 4.69) is 25.5 Å². The van der Waals surface area contributed by atoms with E-state index < -0.39 is 0 Å². The summed E-state index contributed by atoms with van der Waals surface area (Å²) in [5, 5.41) is 14.4. The van der Waals surface area contributed by atoms with E-state index in [9.17, 15) is 0 Å². The number of benzene rings is 1. The lowest BCUT2D eigenvalue weighted by Crippen LogP contribution is -2.27. The average Bonchev–Trinajstić information content (AvgIpc) is 3.42. The first kappa shape index (κ1) is 19.3. The van der Waals surface area contributed by atoms with Crippen LogP contribution in [0.2, 0.25) is 0 Å². The Hall–Kier alpha value is -3.70. The number of anilines is 5. The zero-order valence-electron chi connectivity index (χ0n) is 17.1. The van der Waals surface area contributed by atoms with Crippen LogP contribution in [-0.2, 0) is 11.8 Å². The molecule has 0 aliphatic carbocycles. The minimum atomic E-state index is 0.341. The molecule has 3 aromatic heterocycles. The summed E-state index contributed by atoms with van der Waals surface area (Å²) < 4.78 is 9.17. The maximum Gasteiger partial charge on any atom is 0.229 e. The van der Waals surface area contributed by atoms with Gasteiger partial charge in [0, 0.05) is 31.8 Å². The van der Waals surface area contributed by atoms with Gasteiger partial charge in [0.25, 0.3) is 0 Å². The van der Waals surface area contributed by atoms with Gasteiger partial charge < -0.3 is 15.8 Å². The van der Waals surface area contributed by atoms with Crippen LogP contribution < -0.4 is 21.9 Å². The van der Waals surface area contributed by atoms with Gasteiger partial charge in [0.1, 0.15) is 0 Å². The molecule has 0 saturated carbocycles. The molecule has 0 bridgehead atoms. The summed E-state index contributed by atoms with van der Waals surface area (Å²) in [5.41, 5.74) is 8.98. The van der Waals surface area contributed by atoms with Gasteiger partial charge in [-0.05, 0) is 31.0 Å². The first-order valence-electron chi connectivity index (χ1n) is 10.1. The van der Waals surface area contributed by atoms with Crippen molar-refractivity contribution < 1.29 is 4.74 Å². The van der Waals surface area contributed by atoms with Crippen molar-refractivity contribution in [1.29, 1.82) is 0 Å². The Kier molecular flexibility index (Phi) is 4.88. The number of hydrogen-bond acceptors (Lipinski definition) is 9. The predicted molar refractivity (Wildman–Crippen MR) is 118 cm³/mol. The largest absolute Gasteiger partial charge is 0.394 e. The van der Waals surface area contributed by atoms with Crippen LogP contribution in [0.25, 0.3) is 10.9 Å². The van der Waals surface area contributed by atoms with Gasteiger partial charge in [0.05, 0.1) is 47.2 Å². The summed E-state index contributed by atoms with van der Waals surface area (Å²) >= 11 is 0. The van der Waals surface area contributed by atoms with Gasteiger partial charge in [-0.15, -0.1) is 0 Å². The molecular formula is C20H24N10O. The first-order valence-corrected chi connectivity index (χ1v) is 10.1. The molecule has 1 aliphatic rings. The number of hydrogen-bond donors (Lipinski definition) is 3. The van der Waals surface area contributed by atoms with Gasteiger partial charge in [-0.2, -0.15) is 15.2 Å². The van der Waals surface area contributed by atoms with E-state index in [0.29, 0.717) is 23.5 Å². The number of aryl methyl sites for hydroxylation is 1. The van der Waals surface area contributed by atoms with E-state index in [1.807, 2.05) is 42.3 Å². The van der Waals surface area contributed by atoms with E-state index in [1.165, 1.54) is 11.2 Å². The van der Waals surface area contributed by atoms with Gasteiger partial charge in [0.15, 0.2) is 5.82 Å². The molecule has 5 N–H and O–H groups in total. The van der Waals surface area contributed by atoms with Crippen LogP contribution in [0.4, 0.5) is 28.8 Å². The molecule has 11 nitrogen and oxygen atoms in total. The second-order valence-electron chi connectivity index (χ2n) is 7.53. The van der Waals surface area contributed by atoms with Crippen LogP contribution in [0, 0.1) is 0 Å². The smallest absolute Gasteiger partial charge is 0.229 e. The molecule has 1 fully saturated rings. The molecule has 1 aliphatic heterocycles. The Bertz CT molecular complexity index is 1210. The Morgan fingerprint density at radius 1 is 1.16 bits per heavy atom. The minimum Gasteiger partial charge on any atom is -0.394 e. The van der Waals surface area contributed by atoms with Crippen molar-refractivity contribution in [2.45, 2.75) is 18.9 Å². The number of hydrazine groups is 1. The molecule has 160 valence electrons. The van der Waals surface area contributed by atoms with Crippen LogP contribution in [0.5, 0.6) is 0 Å². The molecule has 0 amide bonds. The molecule has 1 saturated heterocycles. The molecule has 5 rings (SSSR count). The summed E-state index contributed by atoms with van der Waals surface area (Å²) in [5.74, 6) is 7.15. The second-order valence-corrected chi connectivity index (χ2v) is 7.53. The Labute approximate surface area is 178 Å². The van der Waals surface area contributed by atoms with Crippen LogP contribution in [0.15, 0.2) is 43.0 Å². The van der Waals surface area contributed by atoms with Crippen LogP contribution in [0.3, 0.4) is 0 Å². The lowest BCUT2D eigenvalue weighted by atomic mass is 10.1. The summed E-state index contributed by atoms with van der Waals surface area (Å²) in [6, 6.07) is 6.14. The highest BCUT2D eigenvalue weighted by Crippen LogP contribution is 2.29. The summed E-state index contributed by atoms with van der Waals surface area (Å²) in [4.78, 5) is 8.82. The third kappa shape index (κ3) is 3.76. The second kappa shape index (κ2) is 7.85. The molecule has 1 aromatic carbocycles. The van der Waals surface area contributed by atoms with E-state index >= 15 is 0 Å². The number of nitrogens with two attached hydrogens (primary N) is 2. The Morgan fingerprint density at radius 3 is 2.84 bits per heavy atom. The summed E-state index contributed by atoms with van der Waals surface area (Å²) in [6.07, 6.45) is 8.95. The molecule has 0 unspecified atom stereocenters. The fraction of sp³-hybridized carbons (Fsp3) is 0.300. The van der Waals surface area contributed by atoms with Crippen LogP contribution in [-0.4, -0.2) is 42.7 Å². The van der Waals surface area contributed by atoms with Crippen molar-refractivity contribution in [2.75, 3.05) is 29.3 Å². The van der Waals surface area contributed by atoms with Crippen molar-refractivity contribution in [3.63, 3.8) is 0 Å². The monoisotopic (exact) mass is 420 g/mol. The summed E-state index contributed by atoms with van der Waals surface area (Å²) in [6.45, 7) is 1.52. The molecule has 4 heterocycles. The molecule has 4 aromatic rings. The number of ether oxygens (including phenoxy) is 1. The Morgan fingerprint density at radius 2 is 2.00 bits per heavy atom. The molecule has 0 radical (unpaired) electrons. The topological polar surface area (TPSA) is 138 Å². The van der Waals surface area contributed by atoms with Crippen molar-refractivity contribution >= 4 is 39.7 Å². The minimum absolute atomic E-state index is 0.341. The van der Waals surface area contributed by atoms with Crippen LogP contribution >= 0.6 is 0 Å². The summed E-state index contributed by atoms with van der Waals surface area (Å²) in [7, 11) is 1.88. The van der Waals surface area contributed by atoms with Crippen molar-refractivity contribution in [1.82, 2.24) is 29.5 Å². The van der Waals surface area contributed by atoms with E-state index in [1.54, 1.807) is 10.9 Å². The fourth-order valence-corrected chi connectivity index (χ4v) is 3.72. The van der Waals surface area contributed by atoms with Gasteiger partial charge in [-0.3, -0.25) is 14.4 Å². The maximum absolute atomic E-state index is 6.37. The third-order valence-electron chi connectivity index (χ3n) is 5.46. The number of nitrogen functional groups attached to an aromatic ring is 1. The van der Waals surface area contributed by atoms with Crippen molar-refractivity contribution in [2.24, 2.45) is 12.9 Å². The number of nitrogens with one attached hydrogen (secondary N) is 1. The molecule has 0 spiro atoms. The maximum atomic E-state index is 6.37. The van der Waals surface area contributed by atoms with E-state index in [0.717, 1.165) is 48.3 Å². The number of nitrogens with zero attached hydrogens (tertiary/aromatic N) is 7. The van der Waals surface area contributed by atoms with Crippen LogP contribution in [0.1, 0.15) is 18.9 Å². The average molecular weight is 420 g/mol. The third-order valence-corrected chi connectivity index (χ3v) is 5.46. The van der Waals surface area contributed by atoms with Gasteiger partial charge in [0.2, 0.25) is 5.95 Å². The molecule has 11 heteroatoms. The van der Waals surface area contributed by atoms with E-state index in [4.69, 9.17) is 16.3 Å². The van der Waals surface area contributed by atoms with Gasteiger partial charge >= 0.3 is 0 Å². The zero-order valence-corrected chi connectivity index (χ0v) is 17.1. The molecule has 0 atom stereocenters. The van der Waals surface area contributed by atoms with Gasteiger partial charge in [-0.25, -0.2) is 10.8 Å². The molecular weight excluding hydrogens is 396 g/mol. The van der Waals surface area contributed by atoms with Gasteiger partial charge in [-0.1, -0.05) is 0 Å². The molecule has 31 heavy (non-hydrogen) atoms. The Balaban J connectivity index is 1.38. The standard InChI is InChI=1S/C20H24N10O/c1-28-18-8-16(3-2-13(18)9-24-28)30(22)19-17(21)11-23-20(27-19)26-14-10-25-29(12-14)15-4-6-31-7-5-15/h2-3,8-12,15H,4-7,21-22H2,1H3,(H,23,26,27). The highest BCUT2D eigenvalue weighted by atomic mass is 16.5. The zero-order chi connectivity index (χ0) is 21.4. The SMILES string of the molecule is Cn1ncc2ccc(N(N)c3nc(Nc4cnn(C5CCOCC5)c4)ncc3N)cc21. The van der Waals surface area contributed by atoms with E-state index in [-0.39, 0.29) is 0 Å². The number of fused-ring (bicyclic) bond motifs is 1. The lowest BCUT2D eigenvalue weighted by molar-refractivity contribution is 0.0662. The number of aromatic nitrogens is 6. The predicted octanol–water partition coefficient (Wildman–Crippen LogP) is 2.25. The normalized spacial score (nSPS) is 14.8. The quantitative estimate of drug-likeness (QED) is 0.328. The first-order chi connectivity index (χ1) is 15.1. The highest BCUT2D eigenvalue weighted by molar-refractivity contribution is 5.84.